The normalized spacial score (nSPS) is 15.7. The molecule has 0 atom stereocenters. The number of piperazine rings is 1. The highest BCUT2D eigenvalue weighted by Gasteiger charge is 2.20. The van der Waals surface area contributed by atoms with E-state index in [9.17, 15) is 4.79 Å². The lowest BCUT2D eigenvalue weighted by molar-refractivity contribution is -0.129. The first-order valence-electron chi connectivity index (χ1n) is 6.55. The highest BCUT2D eigenvalue weighted by atomic mass is 79.9. The Morgan fingerprint density at radius 3 is 2.58 bits per heavy atom. The number of nitrogens with one attached hydrogen (secondary N) is 1. The van der Waals surface area contributed by atoms with Crippen LogP contribution < -0.4 is 10.2 Å². The maximum atomic E-state index is 11.4. The maximum Gasteiger partial charge on any atom is 0.219 e. The van der Waals surface area contributed by atoms with Crippen molar-refractivity contribution in [2.75, 3.05) is 38.1 Å². The van der Waals surface area contributed by atoms with Gasteiger partial charge in [0.1, 0.15) is 0 Å². The van der Waals surface area contributed by atoms with Gasteiger partial charge in [0.05, 0.1) is 0 Å². The largest absolute Gasteiger partial charge is 0.368 e. The zero-order valence-corrected chi connectivity index (χ0v) is 13.0. The fraction of sp³-hybridized carbons (Fsp3) is 0.500. The number of amides is 1. The highest BCUT2D eigenvalue weighted by Crippen LogP contribution is 2.26. The third kappa shape index (κ3) is 3.48. The van der Waals surface area contributed by atoms with Gasteiger partial charge in [0.2, 0.25) is 5.91 Å². The molecule has 1 aliphatic rings. The fourth-order valence-electron chi connectivity index (χ4n) is 2.43. The molecule has 4 nitrogen and oxygen atoms in total. The first-order valence-corrected chi connectivity index (χ1v) is 7.34. The first kappa shape index (κ1) is 14.3. The summed E-state index contributed by atoms with van der Waals surface area (Å²) in [5, 5.41) is 3.20. The minimum absolute atomic E-state index is 0.171. The second kappa shape index (κ2) is 6.39. The third-order valence-corrected chi connectivity index (χ3v) is 3.97. The van der Waals surface area contributed by atoms with E-state index in [0.29, 0.717) is 0 Å². The summed E-state index contributed by atoms with van der Waals surface area (Å²) in [6, 6.07) is 6.38. The Hall–Kier alpha value is -1.07. The van der Waals surface area contributed by atoms with Gasteiger partial charge in [-0.15, -0.1) is 0 Å². The van der Waals surface area contributed by atoms with Crippen molar-refractivity contribution in [1.29, 1.82) is 0 Å². The Morgan fingerprint density at radius 1 is 1.32 bits per heavy atom. The number of carbonyl (C=O) groups is 1. The third-order valence-electron chi connectivity index (χ3n) is 3.48. The van der Waals surface area contributed by atoms with Crippen molar-refractivity contribution in [1.82, 2.24) is 10.2 Å². The molecule has 1 aliphatic heterocycles. The minimum atomic E-state index is 0.171. The molecule has 0 unspecified atom stereocenters. The van der Waals surface area contributed by atoms with Crippen LogP contribution in [0.25, 0.3) is 0 Å². The predicted molar refractivity (Wildman–Crippen MR) is 81.4 cm³/mol. The standard InChI is InChI=1S/C14H20BrN3O/c1-11(19)17-5-7-18(8-6-17)14-9-13(15)4-3-12(14)10-16-2/h3-4,9,16H,5-8,10H2,1-2H3. The number of rotatable bonds is 3. The van der Waals surface area contributed by atoms with Crippen molar-refractivity contribution >= 4 is 27.5 Å². The van der Waals surface area contributed by atoms with Crippen molar-refractivity contribution in [3.05, 3.63) is 28.2 Å². The quantitative estimate of drug-likeness (QED) is 0.921. The Morgan fingerprint density at radius 2 is 2.00 bits per heavy atom. The lowest BCUT2D eigenvalue weighted by atomic mass is 10.1. The molecule has 1 aromatic carbocycles. The van der Waals surface area contributed by atoms with E-state index in [1.807, 2.05) is 11.9 Å². The number of nitrogens with zero attached hydrogens (tertiary/aromatic N) is 2. The molecule has 0 saturated carbocycles. The van der Waals surface area contributed by atoms with Crippen LogP contribution in [0.15, 0.2) is 22.7 Å². The van der Waals surface area contributed by atoms with Crippen molar-refractivity contribution in [2.24, 2.45) is 0 Å². The maximum absolute atomic E-state index is 11.4. The van der Waals surface area contributed by atoms with Crippen LogP contribution >= 0.6 is 15.9 Å². The molecule has 1 N–H and O–H groups in total. The Bertz CT molecular complexity index is 456. The predicted octanol–water partition coefficient (Wildman–Crippen LogP) is 1.84. The topological polar surface area (TPSA) is 35.6 Å². The molecule has 1 fully saturated rings. The summed E-state index contributed by atoms with van der Waals surface area (Å²) >= 11 is 3.54. The molecule has 1 heterocycles. The van der Waals surface area contributed by atoms with Crippen molar-refractivity contribution in [3.63, 3.8) is 0 Å². The summed E-state index contributed by atoms with van der Waals surface area (Å²) in [5.74, 6) is 0.171. The number of anilines is 1. The Kier molecular flexibility index (Phi) is 4.82. The van der Waals surface area contributed by atoms with Gasteiger partial charge in [-0.2, -0.15) is 0 Å². The SMILES string of the molecule is CNCc1ccc(Br)cc1N1CCN(C(C)=O)CC1. The van der Waals surface area contributed by atoms with Crippen LogP contribution in [0.5, 0.6) is 0 Å². The summed E-state index contributed by atoms with van der Waals surface area (Å²) in [4.78, 5) is 15.6. The molecule has 1 saturated heterocycles. The molecular weight excluding hydrogens is 306 g/mol. The van der Waals surface area contributed by atoms with E-state index in [1.54, 1.807) is 6.92 Å². The van der Waals surface area contributed by atoms with Gasteiger partial charge in [0, 0.05) is 49.8 Å². The molecule has 2 rings (SSSR count). The van der Waals surface area contributed by atoms with Crippen LogP contribution in [0.3, 0.4) is 0 Å². The van der Waals surface area contributed by atoms with E-state index in [4.69, 9.17) is 0 Å². The molecule has 5 heteroatoms. The highest BCUT2D eigenvalue weighted by molar-refractivity contribution is 9.10. The van der Waals surface area contributed by atoms with Crippen LogP contribution in [0.1, 0.15) is 12.5 Å². The molecule has 0 spiro atoms. The number of carbonyl (C=O) groups excluding carboxylic acids is 1. The lowest BCUT2D eigenvalue weighted by Gasteiger charge is -2.36. The summed E-state index contributed by atoms with van der Waals surface area (Å²) < 4.78 is 1.09. The molecular formula is C14H20BrN3O. The average molecular weight is 326 g/mol. The summed E-state index contributed by atoms with van der Waals surface area (Å²) in [5.41, 5.74) is 2.55. The zero-order valence-electron chi connectivity index (χ0n) is 11.4. The second-order valence-corrected chi connectivity index (χ2v) is 5.71. The number of benzene rings is 1. The van der Waals surface area contributed by atoms with Gasteiger partial charge < -0.3 is 15.1 Å². The lowest BCUT2D eigenvalue weighted by Crippen LogP contribution is -2.48. The summed E-state index contributed by atoms with van der Waals surface area (Å²) in [7, 11) is 1.96. The van der Waals surface area contributed by atoms with Crippen LogP contribution in [-0.2, 0) is 11.3 Å². The van der Waals surface area contributed by atoms with Gasteiger partial charge in [0.25, 0.3) is 0 Å². The van der Waals surface area contributed by atoms with Gasteiger partial charge in [-0.05, 0) is 24.7 Å². The van der Waals surface area contributed by atoms with Gasteiger partial charge in [-0.25, -0.2) is 0 Å². The van der Waals surface area contributed by atoms with E-state index < -0.39 is 0 Å². The smallest absolute Gasteiger partial charge is 0.219 e. The molecule has 1 aromatic rings. The van der Waals surface area contributed by atoms with Crippen LogP contribution in [0.2, 0.25) is 0 Å². The number of halogens is 1. The van der Waals surface area contributed by atoms with Gasteiger partial charge in [-0.1, -0.05) is 22.0 Å². The van der Waals surface area contributed by atoms with Crippen molar-refractivity contribution < 1.29 is 4.79 Å². The van der Waals surface area contributed by atoms with Crippen LogP contribution in [-0.4, -0.2) is 44.0 Å². The molecule has 0 bridgehead atoms. The van der Waals surface area contributed by atoms with Gasteiger partial charge in [0.15, 0.2) is 0 Å². The molecule has 1 amide bonds. The molecule has 0 aromatic heterocycles. The van der Waals surface area contributed by atoms with Crippen LogP contribution in [0.4, 0.5) is 5.69 Å². The van der Waals surface area contributed by atoms with E-state index in [2.05, 4.69) is 44.3 Å². The number of hydrogen-bond donors (Lipinski definition) is 1. The van der Waals surface area contributed by atoms with E-state index in [-0.39, 0.29) is 5.91 Å². The van der Waals surface area contributed by atoms with Gasteiger partial charge >= 0.3 is 0 Å². The second-order valence-electron chi connectivity index (χ2n) is 4.80. The van der Waals surface area contributed by atoms with Crippen LogP contribution in [0, 0.1) is 0 Å². The fourth-order valence-corrected chi connectivity index (χ4v) is 2.78. The Balaban J connectivity index is 2.14. The molecule has 19 heavy (non-hydrogen) atoms. The summed E-state index contributed by atoms with van der Waals surface area (Å²) in [6.07, 6.45) is 0. The first-order chi connectivity index (χ1) is 9.11. The average Bonchev–Trinajstić information content (AvgIpc) is 2.41. The van der Waals surface area contributed by atoms with Crippen molar-refractivity contribution in [3.8, 4) is 0 Å². The van der Waals surface area contributed by atoms with Gasteiger partial charge in [-0.3, -0.25) is 4.79 Å². The zero-order chi connectivity index (χ0) is 13.8. The molecule has 104 valence electrons. The van der Waals surface area contributed by atoms with E-state index in [1.165, 1.54) is 11.3 Å². The number of hydrogen-bond acceptors (Lipinski definition) is 3. The monoisotopic (exact) mass is 325 g/mol. The molecule has 0 aliphatic carbocycles. The molecule has 0 radical (unpaired) electrons. The minimum Gasteiger partial charge on any atom is -0.368 e. The van der Waals surface area contributed by atoms with E-state index >= 15 is 0 Å². The summed E-state index contributed by atoms with van der Waals surface area (Å²) in [6.45, 7) is 5.90. The van der Waals surface area contributed by atoms with E-state index in [0.717, 1.165) is 37.2 Å². The Labute approximate surface area is 122 Å². The van der Waals surface area contributed by atoms with Crippen molar-refractivity contribution in [2.45, 2.75) is 13.5 Å².